The maximum absolute atomic E-state index is 11.7. The molecule has 2 unspecified atom stereocenters. The van der Waals surface area contributed by atoms with Gasteiger partial charge in [-0.2, -0.15) is 11.8 Å². The van der Waals surface area contributed by atoms with Crippen LogP contribution < -0.4 is 0 Å². The standard InChI is InChI=1S/C13H24OS/c1-3-11-7-8-13(14)12(10-11)6-5-9-15-4-2/h11-12H,3-10H2,1-2H3. The lowest BCUT2D eigenvalue weighted by molar-refractivity contribution is -0.125. The molecule has 15 heavy (non-hydrogen) atoms. The molecule has 88 valence electrons. The molecule has 1 rings (SSSR count). The average molecular weight is 228 g/mol. The van der Waals surface area contributed by atoms with E-state index in [-0.39, 0.29) is 0 Å². The van der Waals surface area contributed by atoms with Gasteiger partial charge in [-0.05, 0) is 43.1 Å². The van der Waals surface area contributed by atoms with Crippen molar-refractivity contribution < 1.29 is 4.79 Å². The van der Waals surface area contributed by atoms with Crippen LogP contribution in [0.15, 0.2) is 0 Å². The molecule has 2 heteroatoms. The highest BCUT2D eigenvalue weighted by molar-refractivity contribution is 7.99. The number of thioether (sulfide) groups is 1. The predicted molar refractivity (Wildman–Crippen MR) is 68.4 cm³/mol. The minimum Gasteiger partial charge on any atom is -0.299 e. The molecule has 0 aliphatic heterocycles. The second-order valence-corrected chi connectivity index (χ2v) is 5.94. The van der Waals surface area contributed by atoms with Crippen LogP contribution in [0.3, 0.4) is 0 Å². The van der Waals surface area contributed by atoms with Crippen molar-refractivity contribution in [3.8, 4) is 0 Å². The number of carbonyl (C=O) groups excluding carboxylic acids is 1. The van der Waals surface area contributed by atoms with E-state index < -0.39 is 0 Å². The summed E-state index contributed by atoms with van der Waals surface area (Å²) in [7, 11) is 0. The van der Waals surface area contributed by atoms with E-state index in [0.717, 1.165) is 25.2 Å². The van der Waals surface area contributed by atoms with Crippen molar-refractivity contribution in [2.75, 3.05) is 11.5 Å². The number of hydrogen-bond donors (Lipinski definition) is 0. The van der Waals surface area contributed by atoms with Crippen LogP contribution in [-0.2, 0) is 4.79 Å². The van der Waals surface area contributed by atoms with Crippen molar-refractivity contribution in [1.29, 1.82) is 0 Å². The van der Waals surface area contributed by atoms with Gasteiger partial charge in [-0.3, -0.25) is 4.79 Å². The van der Waals surface area contributed by atoms with Crippen molar-refractivity contribution >= 4 is 17.5 Å². The minimum absolute atomic E-state index is 0.404. The number of rotatable bonds is 6. The summed E-state index contributed by atoms with van der Waals surface area (Å²) in [5.74, 6) is 4.21. The molecule has 0 aromatic carbocycles. The van der Waals surface area contributed by atoms with E-state index in [4.69, 9.17) is 0 Å². The quantitative estimate of drug-likeness (QED) is 0.641. The smallest absolute Gasteiger partial charge is 0.135 e. The van der Waals surface area contributed by atoms with Gasteiger partial charge in [0.25, 0.3) is 0 Å². The maximum atomic E-state index is 11.7. The molecule has 0 radical (unpaired) electrons. The van der Waals surface area contributed by atoms with Gasteiger partial charge in [0.1, 0.15) is 5.78 Å². The third kappa shape index (κ3) is 4.58. The molecule has 0 spiro atoms. The van der Waals surface area contributed by atoms with Gasteiger partial charge in [0.15, 0.2) is 0 Å². The van der Waals surface area contributed by atoms with Gasteiger partial charge in [-0.25, -0.2) is 0 Å². The molecular formula is C13H24OS. The molecule has 1 fully saturated rings. The summed E-state index contributed by atoms with van der Waals surface area (Å²) in [6.45, 7) is 4.45. The van der Waals surface area contributed by atoms with Crippen LogP contribution in [0.4, 0.5) is 0 Å². The van der Waals surface area contributed by atoms with Gasteiger partial charge in [0, 0.05) is 12.3 Å². The first-order chi connectivity index (χ1) is 7.27. The highest BCUT2D eigenvalue weighted by Gasteiger charge is 2.26. The first-order valence-electron chi connectivity index (χ1n) is 6.38. The number of carbonyl (C=O) groups is 1. The lowest BCUT2D eigenvalue weighted by Crippen LogP contribution is -2.24. The van der Waals surface area contributed by atoms with Gasteiger partial charge in [0.2, 0.25) is 0 Å². The summed E-state index contributed by atoms with van der Waals surface area (Å²) < 4.78 is 0. The van der Waals surface area contributed by atoms with Crippen LogP contribution in [0, 0.1) is 11.8 Å². The van der Waals surface area contributed by atoms with Gasteiger partial charge in [-0.15, -0.1) is 0 Å². The second-order valence-electron chi connectivity index (χ2n) is 4.55. The number of hydrogen-bond acceptors (Lipinski definition) is 2. The Morgan fingerprint density at radius 1 is 1.40 bits per heavy atom. The lowest BCUT2D eigenvalue weighted by atomic mass is 9.77. The van der Waals surface area contributed by atoms with E-state index in [9.17, 15) is 4.79 Å². The first kappa shape index (κ1) is 13.1. The summed E-state index contributed by atoms with van der Waals surface area (Å²) in [5, 5.41) is 0. The van der Waals surface area contributed by atoms with E-state index in [1.807, 2.05) is 11.8 Å². The van der Waals surface area contributed by atoms with Crippen LogP contribution in [0.2, 0.25) is 0 Å². The molecule has 0 bridgehead atoms. The van der Waals surface area contributed by atoms with E-state index >= 15 is 0 Å². The fourth-order valence-corrected chi connectivity index (χ4v) is 3.09. The van der Waals surface area contributed by atoms with Crippen LogP contribution >= 0.6 is 11.8 Å². The first-order valence-corrected chi connectivity index (χ1v) is 7.53. The lowest BCUT2D eigenvalue weighted by Gasteiger charge is -2.27. The fourth-order valence-electron chi connectivity index (χ4n) is 2.43. The van der Waals surface area contributed by atoms with Crippen LogP contribution in [0.1, 0.15) is 52.4 Å². The zero-order valence-corrected chi connectivity index (χ0v) is 10.9. The molecule has 0 heterocycles. The summed E-state index contributed by atoms with van der Waals surface area (Å²) in [4.78, 5) is 11.7. The van der Waals surface area contributed by atoms with E-state index in [1.54, 1.807) is 0 Å². The molecule has 0 aromatic rings. The number of ketones is 1. The van der Waals surface area contributed by atoms with E-state index in [0.29, 0.717) is 11.7 Å². The Balaban J connectivity index is 2.22. The monoisotopic (exact) mass is 228 g/mol. The van der Waals surface area contributed by atoms with Crippen molar-refractivity contribution in [2.24, 2.45) is 11.8 Å². The summed E-state index contributed by atoms with van der Waals surface area (Å²) >= 11 is 1.99. The van der Waals surface area contributed by atoms with Crippen molar-refractivity contribution in [3.05, 3.63) is 0 Å². The summed E-state index contributed by atoms with van der Waals surface area (Å²) in [6.07, 6.45) is 6.80. The topological polar surface area (TPSA) is 17.1 Å². The summed E-state index contributed by atoms with van der Waals surface area (Å²) in [5.41, 5.74) is 0. The number of Topliss-reactive ketones (excluding diaryl/α,β-unsaturated/α-hetero) is 1. The van der Waals surface area contributed by atoms with Gasteiger partial charge < -0.3 is 0 Å². The Bertz CT molecular complexity index is 191. The molecule has 0 N–H and O–H groups in total. The van der Waals surface area contributed by atoms with Crippen molar-refractivity contribution in [2.45, 2.75) is 52.4 Å². The van der Waals surface area contributed by atoms with Crippen LogP contribution in [0.25, 0.3) is 0 Å². The van der Waals surface area contributed by atoms with Crippen molar-refractivity contribution in [3.63, 3.8) is 0 Å². The zero-order valence-electron chi connectivity index (χ0n) is 10.1. The van der Waals surface area contributed by atoms with Crippen molar-refractivity contribution in [1.82, 2.24) is 0 Å². The Morgan fingerprint density at radius 2 is 2.20 bits per heavy atom. The van der Waals surface area contributed by atoms with E-state index in [2.05, 4.69) is 13.8 Å². The molecule has 0 saturated heterocycles. The average Bonchev–Trinajstić information content (AvgIpc) is 2.26. The third-order valence-electron chi connectivity index (χ3n) is 3.49. The maximum Gasteiger partial charge on any atom is 0.135 e. The molecule has 1 aliphatic carbocycles. The summed E-state index contributed by atoms with van der Waals surface area (Å²) in [6, 6.07) is 0. The molecule has 1 saturated carbocycles. The molecule has 1 aliphatic rings. The molecule has 0 aromatic heterocycles. The predicted octanol–water partition coefficient (Wildman–Crippen LogP) is 3.92. The van der Waals surface area contributed by atoms with Crippen LogP contribution in [0.5, 0.6) is 0 Å². The Kier molecular flexibility index (Phi) is 6.39. The van der Waals surface area contributed by atoms with Crippen LogP contribution in [-0.4, -0.2) is 17.3 Å². The molecule has 0 amide bonds. The fraction of sp³-hybridized carbons (Fsp3) is 0.923. The highest BCUT2D eigenvalue weighted by atomic mass is 32.2. The molecular weight excluding hydrogens is 204 g/mol. The second kappa shape index (κ2) is 7.32. The SMILES string of the molecule is CCSCCCC1CC(CC)CCC1=O. The minimum atomic E-state index is 0.404. The molecule has 1 nitrogen and oxygen atoms in total. The van der Waals surface area contributed by atoms with E-state index in [1.165, 1.54) is 30.8 Å². The van der Waals surface area contributed by atoms with Gasteiger partial charge in [-0.1, -0.05) is 20.3 Å². The molecule has 2 atom stereocenters. The van der Waals surface area contributed by atoms with Gasteiger partial charge in [0.05, 0.1) is 0 Å². The highest BCUT2D eigenvalue weighted by Crippen LogP contribution is 2.31. The third-order valence-corrected chi connectivity index (χ3v) is 4.48. The largest absolute Gasteiger partial charge is 0.299 e. The normalized spacial score (nSPS) is 26.9. The van der Waals surface area contributed by atoms with Gasteiger partial charge >= 0.3 is 0 Å². The Labute approximate surface area is 98.4 Å². The Morgan fingerprint density at radius 3 is 2.87 bits per heavy atom. The zero-order chi connectivity index (χ0) is 11.1. The Hall–Kier alpha value is 0.0200.